The van der Waals surface area contributed by atoms with Crippen LogP contribution in [0.5, 0.6) is 0 Å². The molecule has 2 saturated heterocycles. The average Bonchev–Trinajstić information content (AvgIpc) is 0.854. The lowest BCUT2D eigenvalue weighted by Gasteiger charge is -2.46. The van der Waals surface area contributed by atoms with E-state index in [1.165, 1.54) is 289 Å². The summed E-state index contributed by atoms with van der Waals surface area (Å²) in [4.78, 5) is 13.4. The second kappa shape index (κ2) is 63.6. The molecule has 9 N–H and O–H groups in total. The number of nitrogens with one attached hydrogen (secondary N) is 1. The summed E-state index contributed by atoms with van der Waals surface area (Å²) in [7, 11) is 0. The van der Waals surface area contributed by atoms with Crippen LogP contribution in [-0.4, -0.2) is 140 Å². The van der Waals surface area contributed by atoms with Gasteiger partial charge >= 0.3 is 0 Å². The Morgan fingerprint density at radius 2 is 0.688 bits per heavy atom. The number of unbranched alkanes of at least 4 members (excludes halogenated alkanes) is 50. The van der Waals surface area contributed by atoms with E-state index in [-0.39, 0.29) is 18.9 Å². The van der Waals surface area contributed by atoms with Crippen LogP contribution in [0.1, 0.15) is 367 Å². The maximum Gasteiger partial charge on any atom is 0.220 e. The zero-order valence-corrected chi connectivity index (χ0v) is 60.0. The Morgan fingerprint density at radius 3 is 1.05 bits per heavy atom. The summed E-state index contributed by atoms with van der Waals surface area (Å²) < 4.78 is 22.9. The van der Waals surface area contributed by atoms with Crippen molar-refractivity contribution in [2.24, 2.45) is 0 Å². The van der Waals surface area contributed by atoms with Gasteiger partial charge in [-0.1, -0.05) is 352 Å². The van der Waals surface area contributed by atoms with Crippen LogP contribution in [-0.2, 0) is 23.7 Å². The number of aliphatic hydroxyl groups is 8. The third-order valence-corrected chi connectivity index (χ3v) is 19.6. The van der Waals surface area contributed by atoms with Crippen molar-refractivity contribution in [3.05, 3.63) is 36.5 Å². The van der Waals surface area contributed by atoms with E-state index in [1.807, 2.05) is 6.08 Å². The summed E-state index contributed by atoms with van der Waals surface area (Å²) in [5.41, 5.74) is 0. The molecule has 548 valence electrons. The van der Waals surface area contributed by atoms with Gasteiger partial charge in [-0.3, -0.25) is 4.79 Å². The number of carbonyl (C=O) groups is 1. The fraction of sp³-hybridized carbons (Fsp3) is 0.911. The van der Waals surface area contributed by atoms with E-state index in [9.17, 15) is 45.6 Å². The number of carbonyl (C=O) groups excluding carboxylic acids is 1. The highest BCUT2D eigenvalue weighted by Gasteiger charge is 2.51. The number of allylic oxidation sites excluding steroid dienone is 5. The quantitative estimate of drug-likeness (QED) is 0.0204. The van der Waals surface area contributed by atoms with Crippen LogP contribution in [0.3, 0.4) is 0 Å². The largest absolute Gasteiger partial charge is 0.394 e. The molecule has 14 heteroatoms. The van der Waals surface area contributed by atoms with Gasteiger partial charge in [-0.15, -0.1) is 0 Å². The summed E-state index contributed by atoms with van der Waals surface area (Å²) >= 11 is 0. The van der Waals surface area contributed by atoms with Crippen LogP contribution in [0, 0.1) is 0 Å². The molecule has 2 aliphatic rings. The van der Waals surface area contributed by atoms with E-state index in [2.05, 4.69) is 43.5 Å². The average molecular weight is 1320 g/mol. The summed E-state index contributed by atoms with van der Waals surface area (Å²) in [5, 5.41) is 87.6. The normalized spacial score (nSPS) is 22.7. The molecule has 2 heterocycles. The highest BCUT2D eigenvalue weighted by molar-refractivity contribution is 5.76. The number of rotatable bonds is 67. The first-order chi connectivity index (χ1) is 45.6. The van der Waals surface area contributed by atoms with Gasteiger partial charge in [0.05, 0.1) is 32.0 Å². The zero-order chi connectivity index (χ0) is 67.3. The Kier molecular flexibility index (Phi) is 59.7. The van der Waals surface area contributed by atoms with Crippen LogP contribution < -0.4 is 5.32 Å². The minimum absolute atomic E-state index is 0.245. The molecular formula is C79H149NO13. The van der Waals surface area contributed by atoms with Gasteiger partial charge in [-0.25, -0.2) is 0 Å². The number of hydrogen-bond acceptors (Lipinski definition) is 13. The highest BCUT2D eigenvalue weighted by atomic mass is 16.7. The Bertz CT molecular complexity index is 1700. The Morgan fingerprint density at radius 1 is 0.376 bits per heavy atom. The van der Waals surface area contributed by atoms with Gasteiger partial charge < -0.3 is 65.1 Å². The molecule has 2 fully saturated rings. The van der Waals surface area contributed by atoms with Gasteiger partial charge in [0.1, 0.15) is 48.8 Å². The van der Waals surface area contributed by atoms with Gasteiger partial charge in [0.2, 0.25) is 5.91 Å². The molecule has 0 aromatic rings. The summed E-state index contributed by atoms with van der Waals surface area (Å²) in [6.07, 6.45) is 66.7. The van der Waals surface area contributed by atoms with Crippen LogP contribution in [0.15, 0.2) is 36.5 Å². The molecule has 0 aromatic heterocycles. The number of ether oxygens (including phenoxy) is 4. The number of hydrogen-bond donors (Lipinski definition) is 9. The minimum atomic E-state index is -1.79. The van der Waals surface area contributed by atoms with Crippen molar-refractivity contribution in [3.63, 3.8) is 0 Å². The van der Waals surface area contributed by atoms with Crippen molar-refractivity contribution in [1.82, 2.24) is 5.32 Å². The Hall–Kier alpha value is -1.79. The fourth-order valence-electron chi connectivity index (χ4n) is 13.3. The van der Waals surface area contributed by atoms with Crippen molar-refractivity contribution in [2.45, 2.75) is 441 Å². The van der Waals surface area contributed by atoms with Crippen LogP contribution in [0.2, 0.25) is 0 Å². The number of amides is 1. The van der Waals surface area contributed by atoms with Gasteiger partial charge in [0, 0.05) is 6.42 Å². The van der Waals surface area contributed by atoms with E-state index in [0.29, 0.717) is 12.8 Å². The first-order valence-electron chi connectivity index (χ1n) is 39.7. The standard InChI is InChI=1S/C79H149NO13/c1-3-5-7-9-11-13-15-17-19-21-23-25-27-29-31-32-33-34-35-36-37-38-40-42-44-46-48-50-52-54-56-58-60-62-68(83)67(66-90-78-76(89)74(87)77(70(65-82)92-78)93-79-75(88)73(86)72(85)69(64-81)91-79)80-71(84)63-61-59-57-55-53-51-49-47-45-43-41-39-30-28-26-24-22-20-18-16-14-12-10-8-6-4-2/h44,46,52,54,60,62,67-70,72-79,81-83,85-89H,3-43,45,47-51,53,55-59,61,63-66H2,1-2H3,(H,80,84)/b46-44+,54-52+,62-60+. The summed E-state index contributed by atoms with van der Waals surface area (Å²) in [5.74, 6) is -0.245. The first kappa shape index (κ1) is 87.3. The van der Waals surface area contributed by atoms with Gasteiger partial charge in [0.25, 0.3) is 0 Å². The molecule has 2 aliphatic heterocycles. The molecule has 0 bridgehead atoms. The van der Waals surface area contributed by atoms with Crippen molar-refractivity contribution in [3.8, 4) is 0 Å². The summed E-state index contributed by atoms with van der Waals surface area (Å²) in [6.45, 7) is 2.84. The lowest BCUT2D eigenvalue weighted by atomic mass is 9.97. The SMILES string of the molecule is CCCCCCCCCCCCCCCCCCCCCCCCC/C=C/CC/C=C/CC/C=C/C(O)C(COC1OC(CO)C(OC2OC(CO)C(O)C(O)C2O)C(O)C1O)NC(=O)CCCCCCCCCCCCCCCCCCCCCCCCCCCC. The fourth-order valence-corrected chi connectivity index (χ4v) is 13.3. The minimum Gasteiger partial charge on any atom is -0.394 e. The molecule has 12 atom stereocenters. The predicted molar refractivity (Wildman–Crippen MR) is 383 cm³/mol. The maximum atomic E-state index is 13.4. The van der Waals surface area contributed by atoms with Crippen molar-refractivity contribution >= 4 is 5.91 Å². The lowest BCUT2D eigenvalue weighted by molar-refractivity contribution is -0.359. The maximum absolute atomic E-state index is 13.4. The molecule has 0 saturated carbocycles. The second-order valence-electron chi connectivity index (χ2n) is 28.2. The van der Waals surface area contributed by atoms with E-state index in [1.54, 1.807) is 6.08 Å². The molecule has 1 amide bonds. The molecular weight excluding hydrogens is 1170 g/mol. The molecule has 0 spiro atoms. The Labute approximate surface area is 570 Å². The third-order valence-electron chi connectivity index (χ3n) is 19.6. The monoisotopic (exact) mass is 1320 g/mol. The molecule has 12 unspecified atom stereocenters. The molecule has 93 heavy (non-hydrogen) atoms. The van der Waals surface area contributed by atoms with Gasteiger partial charge in [0.15, 0.2) is 12.6 Å². The molecule has 14 nitrogen and oxygen atoms in total. The smallest absolute Gasteiger partial charge is 0.220 e. The van der Waals surface area contributed by atoms with Crippen LogP contribution in [0.4, 0.5) is 0 Å². The third kappa shape index (κ3) is 47.0. The number of aliphatic hydroxyl groups excluding tert-OH is 8. The van der Waals surface area contributed by atoms with Gasteiger partial charge in [-0.05, 0) is 44.9 Å². The van der Waals surface area contributed by atoms with Crippen LogP contribution in [0.25, 0.3) is 0 Å². The van der Waals surface area contributed by atoms with Crippen molar-refractivity contribution in [1.29, 1.82) is 0 Å². The van der Waals surface area contributed by atoms with Crippen LogP contribution >= 0.6 is 0 Å². The predicted octanol–water partition coefficient (Wildman–Crippen LogP) is 17.6. The molecule has 0 aromatic carbocycles. The zero-order valence-electron chi connectivity index (χ0n) is 60.0. The molecule has 0 radical (unpaired) electrons. The lowest BCUT2D eigenvalue weighted by Crippen LogP contribution is -2.65. The summed E-state index contributed by atoms with van der Waals surface area (Å²) in [6, 6.07) is -0.938. The van der Waals surface area contributed by atoms with Crippen molar-refractivity contribution < 1.29 is 64.6 Å². The van der Waals surface area contributed by atoms with E-state index >= 15 is 0 Å². The molecule has 0 aliphatic carbocycles. The van der Waals surface area contributed by atoms with E-state index in [4.69, 9.17) is 18.9 Å². The van der Waals surface area contributed by atoms with Crippen molar-refractivity contribution in [2.75, 3.05) is 19.8 Å². The molecule has 2 rings (SSSR count). The Balaban J connectivity index is 1.64. The first-order valence-corrected chi connectivity index (χ1v) is 39.7. The van der Waals surface area contributed by atoms with E-state index < -0.39 is 86.8 Å². The van der Waals surface area contributed by atoms with E-state index in [0.717, 1.165) is 44.9 Å². The second-order valence-corrected chi connectivity index (χ2v) is 28.2. The highest BCUT2D eigenvalue weighted by Crippen LogP contribution is 2.30. The topological polar surface area (TPSA) is 228 Å². The van der Waals surface area contributed by atoms with Gasteiger partial charge in [-0.2, -0.15) is 0 Å².